The van der Waals surface area contributed by atoms with E-state index < -0.39 is 0 Å². The first-order valence-electron chi connectivity index (χ1n) is 20.8. The lowest BCUT2D eigenvalue weighted by Gasteiger charge is -2.38. The third-order valence-corrected chi connectivity index (χ3v) is 14.5. The molecular weight excluding hydrogens is 841 g/mol. The van der Waals surface area contributed by atoms with Crippen LogP contribution in [0.25, 0.3) is 21.1 Å². The molecule has 0 aliphatic carbocycles. The number of rotatable bonds is 16. The van der Waals surface area contributed by atoms with Gasteiger partial charge >= 0.3 is 0 Å². The zero-order valence-corrected chi connectivity index (χ0v) is 38.3. The summed E-state index contributed by atoms with van der Waals surface area (Å²) >= 11 is 5.90. The van der Waals surface area contributed by atoms with Gasteiger partial charge < -0.3 is 46.9 Å². The number of fused-ring (bicyclic) bond motifs is 2. The molecule has 19 heteroatoms. The normalized spacial score (nSPS) is 17.9. The minimum absolute atomic E-state index is 0.0319. The number of morpholine rings is 1. The average molecular weight is 897 g/mol. The number of nitrogens with zero attached hydrogens (tertiary/aromatic N) is 3. The van der Waals surface area contributed by atoms with Gasteiger partial charge in [0.15, 0.2) is 0 Å². The van der Waals surface area contributed by atoms with Crippen LogP contribution in [0.5, 0.6) is 0 Å². The van der Waals surface area contributed by atoms with Crippen molar-refractivity contribution in [2.24, 2.45) is 0 Å². The lowest BCUT2D eigenvalue weighted by atomic mass is 9.95. The Labute approximate surface area is 367 Å². The Hall–Kier alpha value is -3.66. The smallest absolute Gasteiger partial charge is 0.273 e. The zero-order valence-electron chi connectivity index (χ0n) is 35.0. The van der Waals surface area contributed by atoms with Crippen molar-refractivity contribution >= 4 is 79.0 Å². The van der Waals surface area contributed by atoms with Crippen LogP contribution in [0.1, 0.15) is 102 Å². The average Bonchev–Trinajstić information content (AvgIpc) is 4.02. The monoisotopic (exact) mass is 896 g/mol. The number of ether oxygens (including phenoxy) is 1. The molecule has 0 aromatic carbocycles. The number of aromatic nitrogens is 2. The summed E-state index contributed by atoms with van der Waals surface area (Å²) in [5.41, 5.74) is 4.72. The zero-order chi connectivity index (χ0) is 42.5. The van der Waals surface area contributed by atoms with E-state index in [1.165, 1.54) is 44.5 Å². The van der Waals surface area contributed by atoms with E-state index in [0.717, 1.165) is 51.1 Å². The molecule has 3 aliphatic rings. The summed E-state index contributed by atoms with van der Waals surface area (Å²) < 4.78 is 6.42. The highest BCUT2D eigenvalue weighted by molar-refractivity contribution is 7.19. The number of thiophene rings is 2. The van der Waals surface area contributed by atoms with Crippen LogP contribution >= 0.6 is 45.3 Å². The van der Waals surface area contributed by atoms with Crippen molar-refractivity contribution in [2.75, 3.05) is 56.5 Å². The maximum atomic E-state index is 14.2. The molecule has 0 saturated carbocycles. The van der Waals surface area contributed by atoms with Gasteiger partial charge in [0, 0.05) is 95.3 Å². The highest BCUT2D eigenvalue weighted by atomic mass is 32.1. The molecule has 2 unspecified atom stereocenters. The van der Waals surface area contributed by atoms with E-state index in [2.05, 4.69) is 51.1 Å². The first-order chi connectivity index (χ1) is 28.9. The third-order valence-electron chi connectivity index (χ3n) is 10.4. The number of carbonyl (C=O) groups excluding carboxylic acids is 4. The van der Waals surface area contributed by atoms with Crippen LogP contribution in [0.3, 0.4) is 0 Å². The Morgan fingerprint density at radius 1 is 0.817 bits per heavy atom. The fourth-order valence-corrected chi connectivity index (χ4v) is 12.1. The predicted molar refractivity (Wildman–Crippen MR) is 242 cm³/mol. The first kappa shape index (κ1) is 44.4. The third kappa shape index (κ3) is 10.5. The van der Waals surface area contributed by atoms with Gasteiger partial charge in [-0.05, 0) is 50.9 Å². The van der Waals surface area contributed by atoms with E-state index >= 15 is 0 Å². The Morgan fingerprint density at radius 3 is 2.10 bits per heavy atom. The SMILES string of the molecule is CC(C)NCCC(=O)Nc1sc2c(c1-c1nc(C(=O)N3CCOC(C4NCCc5c4sc(NC(=O)CCNC(C)C)c5-c4nc(C(=O)NC(C)C)cs4)C3)cs1)CCNC2. The first-order valence-corrected chi connectivity index (χ1v) is 24.2. The summed E-state index contributed by atoms with van der Waals surface area (Å²) in [4.78, 5) is 67.1. The Balaban J connectivity index is 1.11. The van der Waals surface area contributed by atoms with Gasteiger partial charge in [0.25, 0.3) is 11.8 Å². The number of nitrogens with one attached hydrogen (secondary N) is 7. The van der Waals surface area contributed by atoms with E-state index in [-0.39, 0.29) is 47.9 Å². The van der Waals surface area contributed by atoms with Gasteiger partial charge in [0.05, 0.1) is 18.8 Å². The van der Waals surface area contributed by atoms with Crippen LogP contribution in [0, 0.1) is 0 Å². The fourth-order valence-electron chi connectivity index (χ4n) is 7.56. The van der Waals surface area contributed by atoms with Gasteiger partial charge in [-0.1, -0.05) is 27.7 Å². The number of anilines is 2. The highest BCUT2D eigenvalue weighted by Gasteiger charge is 2.38. The van der Waals surface area contributed by atoms with Crippen LogP contribution in [-0.4, -0.2) is 109 Å². The summed E-state index contributed by atoms with van der Waals surface area (Å²) in [6.45, 7) is 16.5. The molecule has 60 heavy (non-hydrogen) atoms. The molecule has 1 fully saturated rings. The summed E-state index contributed by atoms with van der Waals surface area (Å²) in [5, 5.41) is 29.4. The predicted octanol–water partition coefficient (Wildman–Crippen LogP) is 5.22. The number of hydrogen-bond acceptors (Lipinski definition) is 15. The summed E-state index contributed by atoms with van der Waals surface area (Å²) in [6.07, 6.45) is 1.82. The van der Waals surface area contributed by atoms with Crippen molar-refractivity contribution in [3.63, 3.8) is 0 Å². The fraction of sp³-hybridized carbons (Fsp3) is 0.561. The maximum absolute atomic E-state index is 14.2. The van der Waals surface area contributed by atoms with Crippen molar-refractivity contribution in [1.82, 2.24) is 41.5 Å². The number of hydrogen-bond donors (Lipinski definition) is 7. The van der Waals surface area contributed by atoms with Crippen molar-refractivity contribution in [3.8, 4) is 21.1 Å². The largest absolute Gasteiger partial charge is 0.373 e. The van der Waals surface area contributed by atoms with Crippen LogP contribution in [-0.2, 0) is 33.7 Å². The maximum Gasteiger partial charge on any atom is 0.273 e. The Morgan fingerprint density at radius 2 is 1.43 bits per heavy atom. The molecule has 15 nitrogen and oxygen atoms in total. The van der Waals surface area contributed by atoms with Crippen molar-refractivity contribution < 1.29 is 23.9 Å². The Bertz CT molecular complexity index is 2170. The van der Waals surface area contributed by atoms with Gasteiger partial charge in [-0.15, -0.1) is 45.3 Å². The summed E-state index contributed by atoms with van der Waals surface area (Å²) in [5.74, 6) is -0.566. The lowest BCUT2D eigenvalue weighted by molar-refractivity contribution is -0.116. The number of carbonyl (C=O) groups is 4. The molecule has 0 bridgehead atoms. The molecule has 3 aliphatic heterocycles. The second-order valence-corrected chi connectivity index (χ2v) is 20.0. The highest BCUT2D eigenvalue weighted by Crippen LogP contribution is 2.48. The molecule has 0 spiro atoms. The molecule has 0 radical (unpaired) electrons. The standard InChI is InChI=1S/C41H56N10O5S4/c1-21(2)43-13-9-30(52)49-39-32(24-7-11-42-17-29(24)59-39)37-48-27(20-58-37)41(55)51-15-16-56-28(18-51)34-35-25(8-12-45-34)33(38-47-26(19-57-38)36(54)46-23(5)6)40(60-35)50-31(53)10-14-44-22(3)4/h19-23,28,34,42-45H,7-18H2,1-6H3,(H,46,54)(H,49,52)(H,50,53). The molecule has 324 valence electrons. The van der Waals surface area contributed by atoms with Crippen molar-refractivity contribution in [2.45, 2.75) is 104 Å². The van der Waals surface area contributed by atoms with Crippen LogP contribution < -0.4 is 37.2 Å². The molecule has 4 aromatic rings. The number of thiazole rings is 2. The van der Waals surface area contributed by atoms with E-state index in [1.54, 1.807) is 16.7 Å². The molecule has 4 aromatic heterocycles. The Kier molecular flexibility index (Phi) is 14.8. The van der Waals surface area contributed by atoms with Crippen LogP contribution in [0.15, 0.2) is 10.8 Å². The van der Waals surface area contributed by atoms with Crippen LogP contribution in [0.2, 0.25) is 0 Å². The van der Waals surface area contributed by atoms with Gasteiger partial charge in [0.1, 0.15) is 31.4 Å². The van der Waals surface area contributed by atoms with Crippen molar-refractivity contribution in [1.29, 1.82) is 0 Å². The van der Waals surface area contributed by atoms with Gasteiger partial charge in [-0.3, -0.25) is 19.2 Å². The minimum Gasteiger partial charge on any atom is -0.373 e. The summed E-state index contributed by atoms with van der Waals surface area (Å²) in [7, 11) is 0. The molecule has 7 rings (SSSR count). The molecule has 4 amide bonds. The van der Waals surface area contributed by atoms with E-state index in [1.807, 2.05) is 38.0 Å². The molecule has 7 N–H and O–H groups in total. The second-order valence-electron chi connectivity index (χ2n) is 16.1. The molecule has 1 saturated heterocycles. The topological polar surface area (TPSA) is 191 Å². The summed E-state index contributed by atoms with van der Waals surface area (Å²) in [6, 6.07) is 0.280. The van der Waals surface area contributed by atoms with E-state index in [4.69, 9.17) is 14.7 Å². The van der Waals surface area contributed by atoms with Crippen molar-refractivity contribution in [3.05, 3.63) is 43.0 Å². The van der Waals surface area contributed by atoms with Gasteiger partial charge in [0.2, 0.25) is 11.8 Å². The van der Waals surface area contributed by atoms with E-state index in [9.17, 15) is 19.2 Å². The molecular formula is C41H56N10O5S4. The van der Waals surface area contributed by atoms with Gasteiger partial charge in [-0.25, -0.2) is 9.97 Å². The lowest BCUT2D eigenvalue weighted by Crippen LogP contribution is -2.51. The van der Waals surface area contributed by atoms with Crippen LogP contribution in [0.4, 0.5) is 10.0 Å². The van der Waals surface area contributed by atoms with Gasteiger partial charge in [-0.2, -0.15) is 0 Å². The quantitative estimate of drug-likeness (QED) is 0.0781. The number of amides is 4. The molecule has 7 heterocycles. The second kappa shape index (κ2) is 20.0. The van der Waals surface area contributed by atoms with E-state index in [0.29, 0.717) is 86.0 Å². The molecule has 2 atom stereocenters. The minimum atomic E-state index is -0.364.